The summed E-state index contributed by atoms with van der Waals surface area (Å²) in [5.74, 6) is 0.302. The number of hydrogen-bond donors (Lipinski definition) is 1. The van der Waals surface area contributed by atoms with Crippen LogP contribution >= 0.6 is 11.8 Å². The summed E-state index contributed by atoms with van der Waals surface area (Å²) in [4.78, 5) is 15.1. The van der Waals surface area contributed by atoms with Crippen LogP contribution in [-0.4, -0.2) is 16.6 Å². The second-order valence-corrected chi connectivity index (χ2v) is 3.91. The van der Waals surface area contributed by atoms with Crippen molar-refractivity contribution >= 4 is 17.7 Å². The molecule has 1 aromatic heterocycles. The fourth-order valence-corrected chi connectivity index (χ4v) is 1.95. The molecule has 0 aliphatic carbocycles. The minimum absolute atomic E-state index is 0.444. The summed E-state index contributed by atoms with van der Waals surface area (Å²) in [6, 6.07) is 5.40. The van der Waals surface area contributed by atoms with Gasteiger partial charge >= 0.3 is 0 Å². The summed E-state index contributed by atoms with van der Waals surface area (Å²) in [6.07, 6.45) is 2.93. The van der Waals surface area contributed by atoms with E-state index in [4.69, 9.17) is 11.0 Å². The highest BCUT2D eigenvalue weighted by Crippen LogP contribution is 2.20. The van der Waals surface area contributed by atoms with Gasteiger partial charge < -0.3 is 5.73 Å². The normalized spacial score (nSPS) is 9.53. The second kappa shape index (κ2) is 6.04. The predicted octanol–water partition coefficient (Wildman–Crippen LogP) is 1.58. The molecule has 0 bridgehead atoms. The van der Waals surface area contributed by atoms with Crippen molar-refractivity contribution in [2.45, 2.75) is 17.9 Å². The van der Waals surface area contributed by atoms with Crippen LogP contribution in [0.15, 0.2) is 23.4 Å². The number of aromatic nitrogens is 1. The van der Waals surface area contributed by atoms with Crippen LogP contribution in [0.2, 0.25) is 0 Å². The van der Waals surface area contributed by atoms with E-state index in [1.165, 1.54) is 11.8 Å². The molecular weight excluding hydrogens is 210 g/mol. The number of unbranched alkanes of at least 4 members (excludes halogenated alkanes) is 1. The first-order chi connectivity index (χ1) is 7.25. The first kappa shape index (κ1) is 11.5. The quantitative estimate of drug-likeness (QED) is 0.604. The summed E-state index contributed by atoms with van der Waals surface area (Å²) in [5, 5.41) is 9.00. The first-order valence-corrected chi connectivity index (χ1v) is 5.49. The van der Waals surface area contributed by atoms with Crippen LogP contribution in [0.4, 0.5) is 0 Å². The third-order valence-corrected chi connectivity index (χ3v) is 2.80. The molecule has 0 saturated heterocycles. The van der Waals surface area contributed by atoms with E-state index in [2.05, 4.69) is 11.1 Å². The Morgan fingerprint density at radius 2 is 2.47 bits per heavy atom. The lowest BCUT2D eigenvalue weighted by Crippen LogP contribution is -2.12. The van der Waals surface area contributed by atoms with Crippen molar-refractivity contribution in [3.05, 3.63) is 23.9 Å². The van der Waals surface area contributed by atoms with Crippen LogP contribution in [0, 0.1) is 11.3 Å². The van der Waals surface area contributed by atoms with Gasteiger partial charge in [-0.3, -0.25) is 4.79 Å². The van der Waals surface area contributed by atoms with Crippen LogP contribution in [0.3, 0.4) is 0 Å². The van der Waals surface area contributed by atoms with Crippen molar-refractivity contribution in [1.29, 1.82) is 5.26 Å². The molecule has 0 atom stereocenters. The molecule has 1 heterocycles. The van der Waals surface area contributed by atoms with Gasteiger partial charge in [-0.15, -0.1) is 11.8 Å². The molecule has 2 N–H and O–H groups in total. The summed E-state index contributed by atoms with van der Waals surface area (Å²) < 4.78 is 0. The van der Waals surface area contributed by atoms with E-state index >= 15 is 0 Å². The van der Waals surface area contributed by atoms with Crippen molar-refractivity contribution in [3.63, 3.8) is 0 Å². The van der Waals surface area contributed by atoms with E-state index in [9.17, 15) is 4.79 Å². The Labute approximate surface area is 92.5 Å². The molecule has 1 amide bonds. The number of pyridine rings is 1. The number of nitrogens with zero attached hydrogens (tertiary/aromatic N) is 2. The Morgan fingerprint density at radius 1 is 1.67 bits per heavy atom. The molecular formula is C10H11N3OS. The molecule has 4 nitrogen and oxygen atoms in total. The Balaban J connectivity index is 2.60. The molecule has 0 aliphatic heterocycles. The van der Waals surface area contributed by atoms with Gasteiger partial charge in [-0.05, 0) is 18.6 Å². The third-order valence-electron chi connectivity index (χ3n) is 1.71. The average molecular weight is 221 g/mol. The predicted molar refractivity (Wildman–Crippen MR) is 58.3 cm³/mol. The maximum absolute atomic E-state index is 11.0. The van der Waals surface area contributed by atoms with Gasteiger partial charge in [0.1, 0.15) is 5.03 Å². The summed E-state index contributed by atoms with van der Waals surface area (Å²) in [7, 11) is 0. The number of hydrogen-bond acceptors (Lipinski definition) is 4. The number of rotatable bonds is 5. The maximum Gasteiger partial charge on any atom is 0.251 e. The van der Waals surface area contributed by atoms with E-state index in [0.29, 0.717) is 17.0 Å². The van der Waals surface area contributed by atoms with Gasteiger partial charge in [-0.1, -0.05) is 0 Å². The Morgan fingerprint density at radius 3 is 3.13 bits per heavy atom. The number of carbonyl (C=O) groups excluding carboxylic acids is 1. The molecule has 0 aromatic carbocycles. The lowest BCUT2D eigenvalue weighted by atomic mass is 10.3. The van der Waals surface area contributed by atoms with Crippen LogP contribution in [0.1, 0.15) is 23.2 Å². The SMILES string of the molecule is N#CCCCSc1ncccc1C(N)=O. The van der Waals surface area contributed by atoms with Gasteiger partial charge in [0.05, 0.1) is 11.6 Å². The Bertz CT molecular complexity index is 386. The molecule has 1 aromatic rings. The highest BCUT2D eigenvalue weighted by atomic mass is 32.2. The van der Waals surface area contributed by atoms with Crippen LogP contribution in [0.25, 0.3) is 0 Å². The summed E-state index contributed by atoms with van der Waals surface area (Å²) >= 11 is 1.45. The van der Waals surface area contributed by atoms with Crippen molar-refractivity contribution in [3.8, 4) is 6.07 Å². The van der Waals surface area contributed by atoms with Gasteiger partial charge in [-0.25, -0.2) is 4.98 Å². The lowest BCUT2D eigenvalue weighted by molar-refractivity contribution is 0.0997. The molecule has 0 fully saturated rings. The molecule has 0 aliphatic rings. The molecule has 0 unspecified atom stereocenters. The maximum atomic E-state index is 11.0. The largest absolute Gasteiger partial charge is 0.366 e. The zero-order valence-corrected chi connectivity index (χ0v) is 8.96. The van der Waals surface area contributed by atoms with Crippen molar-refractivity contribution in [2.24, 2.45) is 5.73 Å². The van der Waals surface area contributed by atoms with Crippen molar-refractivity contribution < 1.29 is 4.79 Å². The van der Waals surface area contributed by atoms with E-state index in [-0.39, 0.29) is 0 Å². The van der Waals surface area contributed by atoms with E-state index in [1.54, 1.807) is 18.3 Å². The number of nitriles is 1. The fourth-order valence-electron chi connectivity index (χ4n) is 1.01. The van der Waals surface area contributed by atoms with Crippen molar-refractivity contribution in [2.75, 3.05) is 5.75 Å². The summed E-state index contributed by atoms with van der Waals surface area (Å²) in [6.45, 7) is 0. The minimum Gasteiger partial charge on any atom is -0.366 e. The van der Waals surface area contributed by atoms with Crippen LogP contribution in [0.5, 0.6) is 0 Å². The smallest absolute Gasteiger partial charge is 0.251 e. The standard InChI is InChI=1S/C10H11N3OS/c11-5-1-2-7-15-10-8(9(12)14)4-3-6-13-10/h3-4,6H,1-2,7H2,(H2,12,14). The van der Waals surface area contributed by atoms with Crippen molar-refractivity contribution in [1.82, 2.24) is 4.98 Å². The molecule has 15 heavy (non-hydrogen) atoms. The Kier molecular flexibility index (Phi) is 4.64. The Hall–Kier alpha value is -1.54. The second-order valence-electron chi connectivity index (χ2n) is 2.83. The molecule has 0 radical (unpaired) electrons. The minimum atomic E-state index is -0.467. The fraction of sp³-hybridized carbons (Fsp3) is 0.300. The van der Waals surface area contributed by atoms with Crippen LogP contribution < -0.4 is 5.73 Å². The molecule has 1 rings (SSSR count). The van der Waals surface area contributed by atoms with Crippen LogP contribution in [-0.2, 0) is 0 Å². The van der Waals surface area contributed by atoms with Gasteiger partial charge in [0.15, 0.2) is 0 Å². The molecule has 78 valence electrons. The van der Waals surface area contributed by atoms with Gasteiger partial charge in [0, 0.05) is 18.4 Å². The zero-order chi connectivity index (χ0) is 11.1. The van der Waals surface area contributed by atoms with E-state index in [1.807, 2.05) is 0 Å². The average Bonchev–Trinajstić information content (AvgIpc) is 2.25. The highest BCUT2D eigenvalue weighted by molar-refractivity contribution is 7.99. The zero-order valence-electron chi connectivity index (χ0n) is 8.14. The summed E-state index contributed by atoms with van der Waals surface area (Å²) in [5.41, 5.74) is 5.64. The highest BCUT2D eigenvalue weighted by Gasteiger charge is 2.08. The van der Waals surface area contributed by atoms with E-state index in [0.717, 1.165) is 12.2 Å². The molecule has 5 heteroatoms. The number of thioether (sulfide) groups is 1. The number of primary amides is 1. The number of carbonyl (C=O) groups is 1. The number of nitrogens with two attached hydrogens (primary N) is 1. The lowest BCUT2D eigenvalue weighted by Gasteiger charge is -2.03. The van der Waals surface area contributed by atoms with Gasteiger partial charge in [-0.2, -0.15) is 5.26 Å². The van der Waals surface area contributed by atoms with Gasteiger partial charge in [0.2, 0.25) is 0 Å². The first-order valence-electron chi connectivity index (χ1n) is 4.50. The topological polar surface area (TPSA) is 79.8 Å². The number of amides is 1. The monoisotopic (exact) mass is 221 g/mol. The van der Waals surface area contributed by atoms with Gasteiger partial charge in [0.25, 0.3) is 5.91 Å². The molecule has 0 spiro atoms. The molecule has 0 saturated carbocycles. The van der Waals surface area contributed by atoms with E-state index < -0.39 is 5.91 Å². The third kappa shape index (κ3) is 3.60.